The van der Waals surface area contributed by atoms with Crippen molar-refractivity contribution in [3.63, 3.8) is 0 Å². The third kappa shape index (κ3) is 3.78. The number of nitrogens with two attached hydrogens (primary N) is 1. The normalized spacial score (nSPS) is 22.8. The topological polar surface area (TPSA) is 90.6 Å². The van der Waals surface area contributed by atoms with Gasteiger partial charge >= 0.3 is 13.6 Å². The molecule has 1 saturated carbocycles. The molecule has 1 atom stereocenters. The summed E-state index contributed by atoms with van der Waals surface area (Å²) in [5.41, 5.74) is 4.60. The van der Waals surface area contributed by atoms with Crippen LogP contribution in [0.15, 0.2) is 0 Å². The monoisotopic (exact) mass is 264 g/mol. The fourth-order valence-corrected chi connectivity index (χ4v) is 3.59. The Hall–Kier alpha value is -0.420. The van der Waals surface area contributed by atoms with Crippen molar-refractivity contribution in [3.05, 3.63) is 0 Å². The van der Waals surface area contributed by atoms with E-state index in [1.54, 1.807) is 6.92 Å². The Morgan fingerprint density at radius 2 is 2.00 bits per heavy atom. The molecule has 1 rings (SSSR count). The highest BCUT2D eigenvalue weighted by Gasteiger charge is 2.44. The highest BCUT2D eigenvalue weighted by atomic mass is 31.2. The molecule has 1 unspecified atom stereocenters. The smallest absolute Gasteiger partial charge is 0.339 e. The van der Waals surface area contributed by atoms with E-state index in [1.807, 2.05) is 0 Å². The summed E-state index contributed by atoms with van der Waals surface area (Å²) < 4.78 is 21.7. The molecule has 0 spiro atoms. The van der Waals surface area contributed by atoms with Crippen molar-refractivity contribution < 1.29 is 18.6 Å². The number of carbonyl (C=O) groups is 1. The van der Waals surface area contributed by atoms with Gasteiger partial charge in [0, 0.05) is 0 Å². The summed E-state index contributed by atoms with van der Waals surface area (Å²) in [7, 11) is -2.12. The van der Waals surface area contributed by atoms with Gasteiger partial charge in [-0.1, -0.05) is 19.3 Å². The number of nitrogens with one attached hydrogen (secondary N) is 1. The van der Waals surface area contributed by atoms with Crippen molar-refractivity contribution in [1.82, 2.24) is 5.09 Å². The van der Waals surface area contributed by atoms with Crippen LogP contribution in [0.5, 0.6) is 0 Å². The molecular formula is C10H21N2O4P. The lowest BCUT2D eigenvalue weighted by Gasteiger charge is -2.36. The zero-order valence-corrected chi connectivity index (χ0v) is 11.3. The van der Waals surface area contributed by atoms with E-state index in [9.17, 15) is 9.36 Å². The zero-order valence-electron chi connectivity index (χ0n) is 10.4. The lowest BCUT2D eigenvalue weighted by Crippen LogP contribution is -2.53. The first-order chi connectivity index (χ1) is 7.96. The Morgan fingerprint density at radius 3 is 2.47 bits per heavy atom. The van der Waals surface area contributed by atoms with Crippen LogP contribution in [0.4, 0.5) is 0 Å². The number of methoxy groups -OCH3 is 1. The van der Waals surface area contributed by atoms with Crippen LogP contribution < -0.4 is 10.6 Å². The van der Waals surface area contributed by atoms with Crippen LogP contribution in [0.2, 0.25) is 0 Å². The number of ether oxygens (including phenoxy) is 1. The van der Waals surface area contributed by atoms with E-state index in [0.717, 1.165) is 19.3 Å². The van der Waals surface area contributed by atoms with E-state index < -0.39 is 19.2 Å². The van der Waals surface area contributed by atoms with Gasteiger partial charge < -0.3 is 9.26 Å². The van der Waals surface area contributed by atoms with Gasteiger partial charge in [0.2, 0.25) is 0 Å². The molecule has 0 saturated heterocycles. The van der Waals surface area contributed by atoms with Crippen molar-refractivity contribution in [2.75, 3.05) is 13.7 Å². The molecule has 0 amide bonds. The molecular weight excluding hydrogens is 243 g/mol. The molecule has 100 valence electrons. The molecule has 17 heavy (non-hydrogen) atoms. The van der Waals surface area contributed by atoms with Gasteiger partial charge in [-0.2, -0.15) is 0 Å². The maximum Gasteiger partial charge on any atom is 0.339 e. The van der Waals surface area contributed by atoms with Crippen LogP contribution in [-0.4, -0.2) is 25.2 Å². The van der Waals surface area contributed by atoms with Crippen molar-refractivity contribution >= 4 is 13.6 Å². The summed E-state index contributed by atoms with van der Waals surface area (Å²) in [6.07, 6.45) is 3.98. The second-order valence-electron chi connectivity index (χ2n) is 4.26. The van der Waals surface area contributed by atoms with Crippen molar-refractivity contribution in [1.29, 1.82) is 0 Å². The van der Waals surface area contributed by atoms with E-state index in [4.69, 9.17) is 14.8 Å². The second kappa shape index (κ2) is 5.96. The lowest BCUT2D eigenvalue weighted by molar-refractivity contribution is -0.149. The van der Waals surface area contributed by atoms with E-state index in [-0.39, 0.29) is 6.61 Å². The molecule has 0 aromatic heterocycles. The van der Waals surface area contributed by atoms with Gasteiger partial charge in [-0.3, -0.25) is 9.36 Å². The SMILES string of the molecule is CCOP(N)(=O)NC1(C(=O)OC)CCCCC1. The minimum atomic E-state index is -3.44. The van der Waals surface area contributed by atoms with E-state index in [1.165, 1.54) is 7.11 Å². The summed E-state index contributed by atoms with van der Waals surface area (Å²) in [5, 5.41) is 2.70. The van der Waals surface area contributed by atoms with Crippen molar-refractivity contribution in [3.8, 4) is 0 Å². The van der Waals surface area contributed by atoms with Gasteiger partial charge in [-0.15, -0.1) is 0 Å². The lowest BCUT2D eigenvalue weighted by atomic mass is 9.83. The Balaban J connectivity index is 2.83. The number of carbonyl (C=O) groups excluding carboxylic acids is 1. The van der Waals surface area contributed by atoms with Crippen LogP contribution >= 0.6 is 7.67 Å². The summed E-state index contributed by atoms with van der Waals surface area (Å²) in [6, 6.07) is 0. The Labute approximate surface area is 102 Å². The van der Waals surface area contributed by atoms with Crippen molar-refractivity contribution in [2.45, 2.75) is 44.6 Å². The third-order valence-electron chi connectivity index (χ3n) is 2.97. The molecule has 0 bridgehead atoms. The second-order valence-corrected chi connectivity index (χ2v) is 5.94. The Bertz CT molecular complexity index is 315. The summed E-state index contributed by atoms with van der Waals surface area (Å²) in [6.45, 7) is 1.94. The first-order valence-electron chi connectivity index (χ1n) is 5.87. The molecule has 1 fully saturated rings. The molecule has 6 nitrogen and oxygen atoms in total. The third-order valence-corrected chi connectivity index (χ3v) is 4.36. The summed E-state index contributed by atoms with van der Waals surface area (Å²) in [4.78, 5) is 11.9. The van der Waals surface area contributed by atoms with Gasteiger partial charge in [0.25, 0.3) is 0 Å². The number of hydrogen-bond acceptors (Lipinski definition) is 4. The average molecular weight is 264 g/mol. The van der Waals surface area contributed by atoms with Crippen LogP contribution in [0.1, 0.15) is 39.0 Å². The summed E-state index contributed by atoms with van der Waals surface area (Å²) in [5.74, 6) is -0.414. The van der Waals surface area contributed by atoms with Crippen LogP contribution in [0.25, 0.3) is 0 Å². The molecule has 0 radical (unpaired) electrons. The van der Waals surface area contributed by atoms with E-state index >= 15 is 0 Å². The zero-order chi connectivity index (χ0) is 12.9. The van der Waals surface area contributed by atoms with Gasteiger partial charge in [0.05, 0.1) is 13.7 Å². The predicted molar refractivity (Wildman–Crippen MR) is 64.4 cm³/mol. The molecule has 1 aliphatic carbocycles. The highest BCUT2D eigenvalue weighted by molar-refractivity contribution is 7.54. The predicted octanol–water partition coefficient (Wildman–Crippen LogP) is 1.56. The molecule has 0 aliphatic heterocycles. The Morgan fingerprint density at radius 1 is 1.41 bits per heavy atom. The van der Waals surface area contributed by atoms with Crippen LogP contribution in [-0.2, 0) is 18.6 Å². The standard InChI is InChI=1S/C10H21N2O4P/c1-3-16-17(11,14)12-10(9(13)15-2)7-5-4-6-8-10/h3-8H2,1-2H3,(H3,11,12,14). The fourth-order valence-electron chi connectivity index (χ4n) is 2.23. The minimum Gasteiger partial charge on any atom is -0.468 e. The Kier molecular flexibility index (Phi) is 5.13. The molecule has 0 heterocycles. The molecule has 0 aromatic carbocycles. The quantitative estimate of drug-likeness (QED) is 0.578. The minimum absolute atomic E-state index is 0.234. The number of esters is 1. The fraction of sp³-hybridized carbons (Fsp3) is 0.900. The van der Waals surface area contributed by atoms with Crippen LogP contribution in [0, 0.1) is 0 Å². The average Bonchev–Trinajstić information content (AvgIpc) is 2.28. The molecule has 0 aromatic rings. The van der Waals surface area contributed by atoms with Gasteiger partial charge in [0.1, 0.15) is 5.54 Å². The maximum absolute atomic E-state index is 11.9. The largest absolute Gasteiger partial charge is 0.468 e. The summed E-state index contributed by atoms with van der Waals surface area (Å²) >= 11 is 0. The van der Waals surface area contributed by atoms with E-state index in [0.29, 0.717) is 12.8 Å². The van der Waals surface area contributed by atoms with Crippen LogP contribution in [0.3, 0.4) is 0 Å². The van der Waals surface area contributed by atoms with E-state index in [2.05, 4.69) is 5.09 Å². The molecule has 7 heteroatoms. The van der Waals surface area contributed by atoms with Crippen molar-refractivity contribution in [2.24, 2.45) is 5.50 Å². The van der Waals surface area contributed by atoms with Gasteiger partial charge in [0.15, 0.2) is 0 Å². The van der Waals surface area contributed by atoms with Gasteiger partial charge in [-0.25, -0.2) is 10.6 Å². The first-order valence-corrected chi connectivity index (χ1v) is 7.56. The number of hydrogen-bond donors (Lipinski definition) is 2. The molecule has 1 aliphatic rings. The first kappa shape index (κ1) is 14.6. The van der Waals surface area contributed by atoms with Gasteiger partial charge in [-0.05, 0) is 19.8 Å². The highest BCUT2D eigenvalue weighted by Crippen LogP contribution is 2.41. The number of rotatable bonds is 5. The maximum atomic E-state index is 11.9. The molecule has 3 N–H and O–H groups in total.